The van der Waals surface area contributed by atoms with Crippen molar-refractivity contribution >= 4 is 11.8 Å². The quantitative estimate of drug-likeness (QED) is 0.617. The van der Waals surface area contributed by atoms with Crippen LogP contribution in [0.15, 0.2) is 23.1 Å². The van der Waals surface area contributed by atoms with Gasteiger partial charge < -0.3 is 15.9 Å². The van der Waals surface area contributed by atoms with Gasteiger partial charge in [-0.25, -0.2) is 0 Å². The zero-order valence-electron chi connectivity index (χ0n) is 6.97. The topological polar surface area (TPSA) is 66.5 Å². The lowest BCUT2D eigenvalue weighted by atomic mass is 10.1. The third kappa shape index (κ3) is 1.46. The molecule has 0 radical (unpaired) electrons. The molecule has 4 heteroatoms. The van der Waals surface area contributed by atoms with Crippen LogP contribution in [0.1, 0.15) is 17.2 Å². The van der Waals surface area contributed by atoms with E-state index in [9.17, 15) is 10.2 Å². The first-order chi connectivity index (χ1) is 6.22. The summed E-state index contributed by atoms with van der Waals surface area (Å²) in [5, 5.41) is 18.9. The summed E-state index contributed by atoms with van der Waals surface area (Å²) in [6.07, 6.45) is -0.772. The Balaban J connectivity index is 2.42. The summed E-state index contributed by atoms with van der Waals surface area (Å²) in [6, 6.07) is 5.65. The van der Waals surface area contributed by atoms with E-state index in [0.717, 1.165) is 16.0 Å². The van der Waals surface area contributed by atoms with Gasteiger partial charge in [-0.3, -0.25) is 0 Å². The molecule has 1 aromatic rings. The van der Waals surface area contributed by atoms with E-state index < -0.39 is 11.5 Å². The molecular weight excluding hydrogens is 186 g/mol. The van der Waals surface area contributed by atoms with Crippen LogP contribution in [0, 0.1) is 0 Å². The lowest BCUT2D eigenvalue weighted by Gasteiger charge is -2.06. The summed E-state index contributed by atoms with van der Waals surface area (Å²) in [6.45, 7) is 0.459. The van der Waals surface area contributed by atoms with E-state index in [4.69, 9.17) is 5.73 Å². The maximum Gasteiger partial charge on any atom is 0.134 e. The van der Waals surface area contributed by atoms with Crippen molar-refractivity contribution in [2.75, 3.05) is 0 Å². The predicted molar refractivity (Wildman–Crippen MR) is 51.2 cm³/mol. The lowest BCUT2D eigenvalue weighted by Crippen LogP contribution is -2.07. The smallest absolute Gasteiger partial charge is 0.134 e. The van der Waals surface area contributed by atoms with Gasteiger partial charge >= 0.3 is 0 Å². The Labute approximate surface area is 80.6 Å². The largest absolute Gasteiger partial charge is 0.385 e. The molecule has 4 N–H and O–H groups in total. The molecule has 0 spiro atoms. The van der Waals surface area contributed by atoms with Crippen molar-refractivity contribution in [2.45, 2.75) is 23.0 Å². The fourth-order valence-corrected chi connectivity index (χ4v) is 2.41. The Kier molecular flexibility index (Phi) is 2.29. The van der Waals surface area contributed by atoms with Gasteiger partial charge in [-0.05, 0) is 17.2 Å². The maximum absolute atomic E-state index is 9.56. The molecule has 1 aliphatic rings. The molecule has 0 aliphatic carbocycles. The van der Waals surface area contributed by atoms with E-state index in [1.54, 1.807) is 0 Å². The predicted octanol–water partition coefficient (Wildman–Crippen LogP) is 0.603. The van der Waals surface area contributed by atoms with Crippen LogP contribution in [0.25, 0.3) is 0 Å². The zero-order valence-corrected chi connectivity index (χ0v) is 7.79. The first kappa shape index (κ1) is 9.02. The molecule has 0 bridgehead atoms. The summed E-state index contributed by atoms with van der Waals surface area (Å²) in [5.41, 5.74) is 6.51. The first-order valence-electron chi connectivity index (χ1n) is 4.08. The van der Waals surface area contributed by atoms with Crippen LogP contribution >= 0.6 is 11.8 Å². The highest BCUT2D eigenvalue weighted by atomic mass is 32.2. The van der Waals surface area contributed by atoms with Crippen molar-refractivity contribution in [1.82, 2.24) is 0 Å². The monoisotopic (exact) mass is 197 g/mol. The number of fused-ring (bicyclic) bond motifs is 1. The van der Waals surface area contributed by atoms with E-state index in [2.05, 4.69) is 0 Å². The molecule has 0 fully saturated rings. The van der Waals surface area contributed by atoms with Crippen molar-refractivity contribution in [3.63, 3.8) is 0 Å². The number of aliphatic hydroxyl groups is 2. The highest BCUT2D eigenvalue weighted by molar-refractivity contribution is 8.00. The highest BCUT2D eigenvalue weighted by Crippen LogP contribution is 2.42. The van der Waals surface area contributed by atoms with Crippen molar-refractivity contribution in [2.24, 2.45) is 5.73 Å². The van der Waals surface area contributed by atoms with E-state index in [1.165, 1.54) is 11.8 Å². The summed E-state index contributed by atoms with van der Waals surface area (Å²) >= 11 is 1.28. The molecule has 1 aromatic carbocycles. The van der Waals surface area contributed by atoms with Gasteiger partial charge in [-0.15, -0.1) is 0 Å². The van der Waals surface area contributed by atoms with E-state index in [0.29, 0.717) is 6.54 Å². The normalized spacial score (nSPS) is 26.1. The fraction of sp³-hybridized carbons (Fsp3) is 0.333. The third-order valence-electron chi connectivity index (χ3n) is 2.15. The van der Waals surface area contributed by atoms with E-state index >= 15 is 0 Å². The SMILES string of the molecule is NCc1ccc2c(c1)C(O)C(O)S2. The molecule has 2 unspecified atom stereocenters. The Morgan fingerprint density at radius 2 is 2.15 bits per heavy atom. The van der Waals surface area contributed by atoms with Crippen molar-refractivity contribution in [3.8, 4) is 0 Å². The molecule has 2 rings (SSSR count). The van der Waals surface area contributed by atoms with Gasteiger partial charge in [0.25, 0.3) is 0 Å². The van der Waals surface area contributed by atoms with Gasteiger partial charge in [-0.1, -0.05) is 23.9 Å². The number of hydrogen-bond acceptors (Lipinski definition) is 4. The Morgan fingerprint density at radius 3 is 2.85 bits per heavy atom. The zero-order chi connectivity index (χ0) is 9.42. The van der Waals surface area contributed by atoms with Crippen LogP contribution in [-0.2, 0) is 6.54 Å². The van der Waals surface area contributed by atoms with Gasteiger partial charge in [0.1, 0.15) is 11.5 Å². The van der Waals surface area contributed by atoms with Gasteiger partial charge in [0, 0.05) is 11.4 Å². The minimum atomic E-state index is -0.772. The molecule has 13 heavy (non-hydrogen) atoms. The Morgan fingerprint density at radius 1 is 1.38 bits per heavy atom. The minimum Gasteiger partial charge on any atom is -0.385 e. The van der Waals surface area contributed by atoms with Gasteiger partial charge in [-0.2, -0.15) is 0 Å². The number of nitrogens with two attached hydrogens (primary N) is 1. The second-order valence-electron chi connectivity index (χ2n) is 3.03. The molecule has 0 saturated carbocycles. The summed E-state index contributed by atoms with van der Waals surface area (Å²) in [4.78, 5) is 0.942. The van der Waals surface area contributed by atoms with Crippen LogP contribution in [0.2, 0.25) is 0 Å². The summed E-state index contributed by atoms with van der Waals surface area (Å²) in [5.74, 6) is 0. The molecule has 70 valence electrons. The Bertz CT molecular complexity index is 329. The van der Waals surface area contributed by atoms with Crippen LogP contribution in [0.4, 0.5) is 0 Å². The molecule has 3 nitrogen and oxygen atoms in total. The van der Waals surface area contributed by atoms with Crippen molar-refractivity contribution < 1.29 is 10.2 Å². The van der Waals surface area contributed by atoms with Crippen molar-refractivity contribution in [1.29, 1.82) is 0 Å². The van der Waals surface area contributed by atoms with Crippen LogP contribution in [0.3, 0.4) is 0 Å². The molecule has 2 atom stereocenters. The number of aliphatic hydroxyl groups excluding tert-OH is 2. The number of hydrogen-bond donors (Lipinski definition) is 3. The van der Waals surface area contributed by atoms with Gasteiger partial charge in [0.05, 0.1) is 0 Å². The Hall–Kier alpha value is -0.550. The van der Waals surface area contributed by atoms with Crippen molar-refractivity contribution in [3.05, 3.63) is 29.3 Å². The van der Waals surface area contributed by atoms with Crippen LogP contribution in [-0.4, -0.2) is 15.6 Å². The number of thioether (sulfide) groups is 1. The molecule has 0 aromatic heterocycles. The molecular formula is C9H11NO2S. The third-order valence-corrected chi connectivity index (χ3v) is 3.27. The first-order valence-corrected chi connectivity index (χ1v) is 4.96. The van der Waals surface area contributed by atoms with E-state index in [1.807, 2.05) is 18.2 Å². The van der Waals surface area contributed by atoms with Gasteiger partial charge in [0.2, 0.25) is 0 Å². The van der Waals surface area contributed by atoms with Gasteiger partial charge in [0.15, 0.2) is 0 Å². The standard InChI is InChI=1S/C9H11NO2S/c10-4-5-1-2-7-6(3-5)8(11)9(12)13-7/h1-3,8-9,11-12H,4,10H2. The maximum atomic E-state index is 9.56. The highest BCUT2D eigenvalue weighted by Gasteiger charge is 2.29. The molecule has 1 heterocycles. The summed E-state index contributed by atoms with van der Waals surface area (Å²) < 4.78 is 0. The average molecular weight is 197 g/mol. The fourth-order valence-electron chi connectivity index (χ4n) is 1.41. The van der Waals surface area contributed by atoms with Crippen LogP contribution < -0.4 is 5.73 Å². The second-order valence-corrected chi connectivity index (χ2v) is 4.19. The second kappa shape index (κ2) is 3.31. The van der Waals surface area contributed by atoms with Crippen LogP contribution in [0.5, 0.6) is 0 Å². The molecule has 0 amide bonds. The lowest BCUT2D eigenvalue weighted by molar-refractivity contribution is 0.0771. The molecule has 0 saturated heterocycles. The number of benzene rings is 1. The number of rotatable bonds is 1. The minimum absolute atomic E-state index is 0.459. The summed E-state index contributed by atoms with van der Waals surface area (Å²) in [7, 11) is 0. The average Bonchev–Trinajstić information content (AvgIpc) is 2.43. The van der Waals surface area contributed by atoms with E-state index in [-0.39, 0.29) is 0 Å². The molecule has 1 aliphatic heterocycles.